The van der Waals surface area contributed by atoms with Crippen molar-refractivity contribution in [2.24, 2.45) is 5.92 Å². The van der Waals surface area contributed by atoms with Gasteiger partial charge in [0, 0.05) is 26.3 Å². The molecule has 19 heavy (non-hydrogen) atoms. The Labute approximate surface area is 121 Å². The maximum atomic E-state index is 6.15. The van der Waals surface area contributed by atoms with E-state index in [4.69, 9.17) is 11.6 Å². The van der Waals surface area contributed by atoms with Gasteiger partial charge in [0.15, 0.2) is 0 Å². The lowest BCUT2D eigenvalue weighted by molar-refractivity contribution is 0.361. The summed E-state index contributed by atoms with van der Waals surface area (Å²) in [5.74, 6) is 1.85. The van der Waals surface area contributed by atoms with Gasteiger partial charge < -0.3 is 10.2 Å². The Morgan fingerprint density at radius 3 is 2.79 bits per heavy atom. The smallest absolute Gasteiger partial charge is 0.128 e. The molecule has 1 aromatic rings. The molecule has 0 saturated heterocycles. The van der Waals surface area contributed by atoms with Crippen LogP contribution in [0.25, 0.3) is 0 Å². The summed E-state index contributed by atoms with van der Waals surface area (Å²) in [6.45, 7) is 1.89. The van der Waals surface area contributed by atoms with Crippen molar-refractivity contribution in [3.05, 3.63) is 22.8 Å². The van der Waals surface area contributed by atoms with E-state index in [1.54, 1.807) is 6.20 Å². The van der Waals surface area contributed by atoms with E-state index in [2.05, 4.69) is 28.3 Å². The predicted octanol–water partition coefficient (Wildman–Crippen LogP) is 3.47. The van der Waals surface area contributed by atoms with Crippen molar-refractivity contribution >= 4 is 17.4 Å². The Kier molecular flexibility index (Phi) is 5.46. The first kappa shape index (κ1) is 14.6. The molecule has 0 unspecified atom stereocenters. The molecule has 4 heteroatoms. The van der Waals surface area contributed by atoms with E-state index < -0.39 is 0 Å². The number of aromatic nitrogens is 1. The first-order valence-electron chi connectivity index (χ1n) is 7.21. The average Bonchev–Trinajstić information content (AvgIpc) is 2.42. The quantitative estimate of drug-likeness (QED) is 0.896. The number of pyridine rings is 1. The molecular weight excluding hydrogens is 258 g/mol. The van der Waals surface area contributed by atoms with Crippen LogP contribution in [-0.2, 0) is 6.54 Å². The molecule has 0 amide bonds. The van der Waals surface area contributed by atoms with E-state index in [0.29, 0.717) is 0 Å². The number of nitrogens with zero attached hydrogens (tertiary/aromatic N) is 2. The third kappa shape index (κ3) is 4.08. The summed E-state index contributed by atoms with van der Waals surface area (Å²) in [5, 5.41) is 3.88. The fourth-order valence-corrected chi connectivity index (χ4v) is 3.02. The molecule has 1 aromatic heterocycles. The lowest BCUT2D eigenvalue weighted by Crippen LogP contribution is -2.27. The van der Waals surface area contributed by atoms with Crippen molar-refractivity contribution in [2.75, 3.05) is 25.5 Å². The molecule has 0 radical (unpaired) electrons. The molecule has 1 saturated carbocycles. The van der Waals surface area contributed by atoms with E-state index >= 15 is 0 Å². The van der Waals surface area contributed by atoms with Crippen LogP contribution in [0.1, 0.15) is 37.7 Å². The Balaban J connectivity index is 2.01. The van der Waals surface area contributed by atoms with Crippen LogP contribution in [0.3, 0.4) is 0 Å². The van der Waals surface area contributed by atoms with Gasteiger partial charge in [-0.3, -0.25) is 0 Å². The second kappa shape index (κ2) is 7.11. The molecule has 1 fully saturated rings. The van der Waals surface area contributed by atoms with Crippen LogP contribution >= 0.6 is 11.6 Å². The summed E-state index contributed by atoms with van der Waals surface area (Å²) in [6, 6.07) is 2.10. The minimum absolute atomic E-state index is 0.740. The summed E-state index contributed by atoms with van der Waals surface area (Å²) < 4.78 is 0. The molecule has 0 spiro atoms. The van der Waals surface area contributed by atoms with Gasteiger partial charge in [-0.2, -0.15) is 0 Å². The van der Waals surface area contributed by atoms with E-state index in [1.165, 1.54) is 32.1 Å². The van der Waals surface area contributed by atoms with Crippen molar-refractivity contribution < 1.29 is 0 Å². The highest BCUT2D eigenvalue weighted by Crippen LogP contribution is 2.26. The number of anilines is 1. The maximum absolute atomic E-state index is 6.15. The van der Waals surface area contributed by atoms with Gasteiger partial charge >= 0.3 is 0 Å². The molecule has 0 aromatic carbocycles. The van der Waals surface area contributed by atoms with E-state index in [0.717, 1.165) is 35.4 Å². The van der Waals surface area contributed by atoms with Gasteiger partial charge in [0.25, 0.3) is 0 Å². The number of rotatable bonds is 5. The number of nitrogens with one attached hydrogen (secondary N) is 1. The van der Waals surface area contributed by atoms with E-state index in [1.807, 2.05) is 7.05 Å². The average molecular weight is 282 g/mol. The molecule has 1 aliphatic carbocycles. The Hall–Kier alpha value is -0.800. The molecule has 106 valence electrons. The summed E-state index contributed by atoms with van der Waals surface area (Å²) >= 11 is 6.15. The van der Waals surface area contributed by atoms with Crippen molar-refractivity contribution in [2.45, 2.75) is 38.6 Å². The zero-order valence-electron chi connectivity index (χ0n) is 12.0. The molecule has 2 rings (SSSR count). The Morgan fingerprint density at radius 2 is 2.11 bits per heavy atom. The molecule has 1 heterocycles. The standard InChI is InChI=1S/C15H24ClN3/c1-17-9-13-8-15(18-10-14(13)16)19(2)11-12-6-4-3-5-7-12/h8,10,12,17H,3-7,9,11H2,1-2H3. The summed E-state index contributed by atoms with van der Waals surface area (Å²) in [6.07, 6.45) is 8.67. The molecule has 0 bridgehead atoms. The van der Waals surface area contributed by atoms with Gasteiger partial charge in [-0.15, -0.1) is 0 Å². The second-order valence-corrected chi connectivity index (χ2v) is 5.96. The maximum Gasteiger partial charge on any atom is 0.128 e. The van der Waals surface area contributed by atoms with Gasteiger partial charge in [0.2, 0.25) is 0 Å². The topological polar surface area (TPSA) is 28.2 Å². The van der Waals surface area contributed by atoms with E-state index in [-0.39, 0.29) is 0 Å². The monoisotopic (exact) mass is 281 g/mol. The SMILES string of the molecule is CNCc1cc(N(C)CC2CCCCC2)ncc1Cl. The first-order chi connectivity index (χ1) is 9.20. The minimum Gasteiger partial charge on any atom is -0.359 e. The Morgan fingerprint density at radius 1 is 1.37 bits per heavy atom. The molecule has 1 N–H and O–H groups in total. The highest BCUT2D eigenvalue weighted by atomic mass is 35.5. The number of hydrogen-bond donors (Lipinski definition) is 1. The third-order valence-corrected chi connectivity index (χ3v) is 4.28. The lowest BCUT2D eigenvalue weighted by Gasteiger charge is -2.28. The van der Waals surface area contributed by atoms with Gasteiger partial charge in [0.1, 0.15) is 5.82 Å². The number of halogens is 1. The number of hydrogen-bond acceptors (Lipinski definition) is 3. The predicted molar refractivity (Wildman–Crippen MR) is 81.9 cm³/mol. The fourth-order valence-electron chi connectivity index (χ4n) is 2.85. The largest absolute Gasteiger partial charge is 0.359 e. The first-order valence-corrected chi connectivity index (χ1v) is 7.58. The molecule has 0 atom stereocenters. The van der Waals surface area contributed by atoms with Gasteiger partial charge in [-0.1, -0.05) is 30.9 Å². The van der Waals surface area contributed by atoms with Gasteiger partial charge in [0.05, 0.1) is 5.02 Å². The minimum atomic E-state index is 0.740. The summed E-state index contributed by atoms with van der Waals surface area (Å²) in [5.41, 5.74) is 1.12. The highest BCUT2D eigenvalue weighted by Gasteiger charge is 2.16. The molecule has 1 aliphatic rings. The molecule has 0 aliphatic heterocycles. The zero-order valence-corrected chi connectivity index (χ0v) is 12.7. The molecule has 3 nitrogen and oxygen atoms in total. The summed E-state index contributed by atoms with van der Waals surface area (Å²) in [7, 11) is 4.07. The van der Waals surface area contributed by atoms with Crippen LogP contribution in [-0.4, -0.2) is 25.6 Å². The third-order valence-electron chi connectivity index (χ3n) is 3.94. The van der Waals surface area contributed by atoms with Gasteiger partial charge in [-0.05, 0) is 37.4 Å². The normalized spacial score (nSPS) is 16.6. The lowest BCUT2D eigenvalue weighted by atomic mass is 9.89. The van der Waals surface area contributed by atoms with Crippen molar-refractivity contribution in [3.8, 4) is 0 Å². The summed E-state index contributed by atoms with van der Waals surface area (Å²) in [4.78, 5) is 6.72. The molecular formula is C15H24ClN3. The second-order valence-electron chi connectivity index (χ2n) is 5.55. The Bertz CT molecular complexity index is 402. The fraction of sp³-hybridized carbons (Fsp3) is 0.667. The highest BCUT2D eigenvalue weighted by molar-refractivity contribution is 6.31. The van der Waals surface area contributed by atoms with Crippen molar-refractivity contribution in [3.63, 3.8) is 0 Å². The van der Waals surface area contributed by atoms with Crippen molar-refractivity contribution in [1.29, 1.82) is 0 Å². The van der Waals surface area contributed by atoms with Crippen LogP contribution in [0, 0.1) is 5.92 Å². The van der Waals surface area contributed by atoms with Crippen molar-refractivity contribution in [1.82, 2.24) is 10.3 Å². The van der Waals surface area contributed by atoms with Crippen LogP contribution in [0.5, 0.6) is 0 Å². The van der Waals surface area contributed by atoms with Crippen LogP contribution in [0.15, 0.2) is 12.3 Å². The van der Waals surface area contributed by atoms with Crippen LogP contribution in [0.2, 0.25) is 5.02 Å². The van der Waals surface area contributed by atoms with E-state index in [9.17, 15) is 0 Å². The van der Waals surface area contributed by atoms with Crippen LogP contribution < -0.4 is 10.2 Å². The van der Waals surface area contributed by atoms with Crippen LogP contribution in [0.4, 0.5) is 5.82 Å². The zero-order chi connectivity index (χ0) is 13.7. The van der Waals surface area contributed by atoms with Gasteiger partial charge in [-0.25, -0.2) is 4.98 Å².